The van der Waals surface area contributed by atoms with E-state index in [0.29, 0.717) is 0 Å². The van der Waals surface area contributed by atoms with Crippen molar-refractivity contribution in [3.05, 3.63) is 40.4 Å². The fourth-order valence-corrected chi connectivity index (χ4v) is 2.74. The maximum Gasteiger partial charge on any atom is 0.305 e. The Morgan fingerprint density at radius 3 is 2.70 bits per heavy atom. The average Bonchev–Trinajstić information content (AvgIpc) is 2.33. The highest BCUT2D eigenvalue weighted by Crippen LogP contribution is 2.34. The predicted molar refractivity (Wildman–Crippen MR) is 80.2 cm³/mol. The lowest BCUT2D eigenvalue weighted by molar-refractivity contribution is -0.140. The van der Waals surface area contributed by atoms with Crippen LogP contribution in [-0.2, 0) is 9.59 Å². The second kappa shape index (κ2) is 6.22. The van der Waals surface area contributed by atoms with Crippen molar-refractivity contribution in [2.45, 2.75) is 31.2 Å². The third-order valence-corrected chi connectivity index (χ3v) is 3.96. The number of rotatable bonds is 5. The topological polar surface area (TPSA) is 66.4 Å². The Morgan fingerprint density at radius 2 is 2.15 bits per heavy atom. The first-order chi connectivity index (χ1) is 9.49. The third kappa shape index (κ3) is 3.93. The Bertz CT molecular complexity index is 550. The first kappa shape index (κ1) is 14.8. The van der Waals surface area contributed by atoms with Crippen LogP contribution in [-0.4, -0.2) is 22.5 Å². The number of carboxylic acids is 1. The molecule has 1 saturated carbocycles. The Labute approximate surface area is 126 Å². The summed E-state index contributed by atoms with van der Waals surface area (Å²) in [6.45, 7) is 0. The van der Waals surface area contributed by atoms with E-state index in [9.17, 15) is 9.59 Å². The number of amides is 1. The van der Waals surface area contributed by atoms with Gasteiger partial charge in [0.25, 0.3) is 0 Å². The maximum atomic E-state index is 11.9. The number of halogens is 1. The number of nitrogens with one attached hydrogen (secondary N) is 1. The largest absolute Gasteiger partial charge is 0.481 e. The molecule has 1 aromatic carbocycles. The zero-order valence-corrected chi connectivity index (χ0v) is 12.5. The van der Waals surface area contributed by atoms with Crippen LogP contribution in [0.25, 0.3) is 6.08 Å². The highest BCUT2D eigenvalue weighted by atomic mass is 79.9. The van der Waals surface area contributed by atoms with Gasteiger partial charge in [0.15, 0.2) is 0 Å². The molecule has 0 aliphatic heterocycles. The van der Waals surface area contributed by atoms with E-state index < -0.39 is 11.5 Å². The van der Waals surface area contributed by atoms with Gasteiger partial charge in [-0.15, -0.1) is 0 Å². The van der Waals surface area contributed by atoms with Crippen molar-refractivity contribution < 1.29 is 14.7 Å². The van der Waals surface area contributed by atoms with Crippen LogP contribution < -0.4 is 5.32 Å². The molecule has 1 amide bonds. The molecule has 0 aromatic heterocycles. The number of benzene rings is 1. The molecule has 1 aliphatic rings. The normalized spacial score (nSPS) is 16.6. The van der Waals surface area contributed by atoms with Crippen LogP contribution in [0.2, 0.25) is 0 Å². The molecule has 2 N–H and O–H groups in total. The summed E-state index contributed by atoms with van der Waals surface area (Å²) >= 11 is 3.37. The van der Waals surface area contributed by atoms with Crippen molar-refractivity contribution in [1.29, 1.82) is 0 Å². The first-order valence-electron chi connectivity index (χ1n) is 6.47. The van der Waals surface area contributed by atoms with Crippen molar-refractivity contribution in [3.8, 4) is 0 Å². The minimum Gasteiger partial charge on any atom is -0.481 e. The summed E-state index contributed by atoms with van der Waals surface area (Å²) < 4.78 is 0.946. The van der Waals surface area contributed by atoms with Gasteiger partial charge in [0.1, 0.15) is 0 Å². The van der Waals surface area contributed by atoms with Crippen LogP contribution in [0, 0.1) is 0 Å². The standard InChI is InChI=1S/C15H16BrNO3/c16-12-4-1-3-11(9-12)5-6-13(18)17-15(7-2-8-15)10-14(19)20/h1,3-6,9H,2,7-8,10H2,(H,17,18)(H,19,20). The fourth-order valence-electron chi connectivity index (χ4n) is 2.32. The van der Waals surface area contributed by atoms with Gasteiger partial charge >= 0.3 is 5.97 Å². The molecule has 1 aromatic rings. The van der Waals surface area contributed by atoms with Gasteiger partial charge in [-0.2, -0.15) is 0 Å². The van der Waals surface area contributed by atoms with E-state index in [-0.39, 0.29) is 12.3 Å². The molecule has 0 saturated heterocycles. The zero-order valence-electron chi connectivity index (χ0n) is 10.9. The van der Waals surface area contributed by atoms with Crippen LogP contribution in [0.1, 0.15) is 31.2 Å². The SMILES string of the molecule is O=C(O)CC1(NC(=O)C=Cc2cccc(Br)c2)CCC1. The van der Waals surface area contributed by atoms with Crippen molar-refractivity contribution in [2.75, 3.05) is 0 Å². The van der Waals surface area contributed by atoms with E-state index in [2.05, 4.69) is 21.2 Å². The molecule has 0 unspecified atom stereocenters. The number of hydrogen-bond acceptors (Lipinski definition) is 2. The summed E-state index contributed by atoms with van der Waals surface area (Å²) in [7, 11) is 0. The molecule has 20 heavy (non-hydrogen) atoms. The zero-order chi connectivity index (χ0) is 14.6. The highest BCUT2D eigenvalue weighted by Gasteiger charge is 2.39. The summed E-state index contributed by atoms with van der Waals surface area (Å²) in [4.78, 5) is 22.7. The summed E-state index contributed by atoms with van der Waals surface area (Å²) in [5, 5.41) is 11.7. The molecule has 1 aliphatic carbocycles. The number of carbonyl (C=O) groups is 2. The molecule has 1 fully saturated rings. The summed E-state index contributed by atoms with van der Waals surface area (Å²) in [5.41, 5.74) is 0.361. The second-order valence-corrected chi connectivity index (χ2v) is 6.00. The Morgan fingerprint density at radius 1 is 1.40 bits per heavy atom. The molecule has 0 atom stereocenters. The van der Waals surface area contributed by atoms with Crippen LogP contribution in [0.15, 0.2) is 34.8 Å². The number of carbonyl (C=O) groups excluding carboxylic acids is 1. The molecular formula is C15H16BrNO3. The highest BCUT2D eigenvalue weighted by molar-refractivity contribution is 9.10. The Balaban J connectivity index is 1.96. The van der Waals surface area contributed by atoms with E-state index in [4.69, 9.17) is 5.11 Å². The quantitative estimate of drug-likeness (QED) is 0.811. The van der Waals surface area contributed by atoms with Crippen LogP contribution >= 0.6 is 15.9 Å². The summed E-state index contributed by atoms with van der Waals surface area (Å²) in [6, 6.07) is 7.60. The van der Waals surface area contributed by atoms with Gasteiger partial charge in [0.2, 0.25) is 5.91 Å². The monoisotopic (exact) mass is 337 g/mol. The lowest BCUT2D eigenvalue weighted by Crippen LogP contribution is -2.54. The molecule has 0 heterocycles. The van der Waals surface area contributed by atoms with Crippen molar-refractivity contribution in [1.82, 2.24) is 5.32 Å². The van der Waals surface area contributed by atoms with Gasteiger partial charge in [0.05, 0.1) is 12.0 Å². The van der Waals surface area contributed by atoms with E-state index in [1.165, 1.54) is 6.08 Å². The lowest BCUT2D eigenvalue weighted by atomic mass is 9.74. The minimum atomic E-state index is -0.874. The molecule has 106 valence electrons. The van der Waals surface area contributed by atoms with Gasteiger partial charge in [-0.25, -0.2) is 0 Å². The Kier molecular flexibility index (Phi) is 4.60. The van der Waals surface area contributed by atoms with Gasteiger partial charge < -0.3 is 10.4 Å². The van der Waals surface area contributed by atoms with Gasteiger partial charge in [-0.1, -0.05) is 28.1 Å². The van der Waals surface area contributed by atoms with Crippen molar-refractivity contribution in [2.24, 2.45) is 0 Å². The lowest BCUT2D eigenvalue weighted by Gasteiger charge is -2.41. The smallest absolute Gasteiger partial charge is 0.305 e. The van der Waals surface area contributed by atoms with E-state index >= 15 is 0 Å². The van der Waals surface area contributed by atoms with Crippen LogP contribution in [0.3, 0.4) is 0 Å². The summed E-state index contributed by atoms with van der Waals surface area (Å²) in [6.07, 6.45) is 5.58. The summed E-state index contributed by atoms with van der Waals surface area (Å²) in [5.74, 6) is -1.12. The van der Waals surface area contributed by atoms with Crippen molar-refractivity contribution in [3.63, 3.8) is 0 Å². The fraction of sp³-hybridized carbons (Fsp3) is 0.333. The Hall–Kier alpha value is -1.62. The van der Waals surface area contributed by atoms with Gasteiger partial charge in [0, 0.05) is 10.5 Å². The second-order valence-electron chi connectivity index (χ2n) is 5.08. The van der Waals surface area contributed by atoms with E-state index in [0.717, 1.165) is 29.3 Å². The van der Waals surface area contributed by atoms with Crippen LogP contribution in [0.4, 0.5) is 0 Å². The van der Waals surface area contributed by atoms with E-state index in [1.54, 1.807) is 6.08 Å². The molecule has 0 bridgehead atoms. The number of aliphatic carboxylic acids is 1. The number of carboxylic acid groups (broad SMARTS) is 1. The van der Waals surface area contributed by atoms with Gasteiger partial charge in [-0.3, -0.25) is 9.59 Å². The molecule has 5 heteroatoms. The molecular weight excluding hydrogens is 322 g/mol. The maximum absolute atomic E-state index is 11.9. The number of hydrogen-bond donors (Lipinski definition) is 2. The minimum absolute atomic E-state index is 0.0105. The predicted octanol–water partition coefficient (Wildman–Crippen LogP) is 2.98. The first-order valence-corrected chi connectivity index (χ1v) is 7.26. The van der Waals surface area contributed by atoms with Crippen molar-refractivity contribution >= 4 is 33.9 Å². The van der Waals surface area contributed by atoms with E-state index in [1.807, 2.05) is 24.3 Å². The molecule has 0 spiro atoms. The third-order valence-electron chi connectivity index (χ3n) is 3.46. The molecule has 2 rings (SSSR count). The van der Waals surface area contributed by atoms with Crippen LogP contribution in [0.5, 0.6) is 0 Å². The van der Waals surface area contributed by atoms with Gasteiger partial charge in [-0.05, 0) is 43.0 Å². The molecule has 0 radical (unpaired) electrons. The molecule has 4 nitrogen and oxygen atoms in total. The average molecular weight is 338 g/mol.